The zero-order valence-corrected chi connectivity index (χ0v) is 33.1. The predicted octanol–water partition coefficient (Wildman–Crippen LogP) is 13.2. The largest absolute Gasteiger partial charge is 0.462 e. The van der Waals surface area contributed by atoms with E-state index in [0.29, 0.717) is 19.3 Å². The fourth-order valence-corrected chi connectivity index (χ4v) is 6.24. The van der Waals surface area contributed by atoms with Gasteiger partial charge in [0, 0.05) is 19.3 Å². The zero-order chi connectivity index (χ0) is 36.0. The lowest BCUT2D eigenvalue weighted by Gasteiger charge is -2.18. The molecule has 0 aromatic rings. The average Bonchev–Trinajstić information content (AvgIpc) is 3.10. The molecule has 0 saturated heterocycles. The lowest BCUT2D eigenvalue weighted by atomic mass is 9.99. The summed E-state index contributed by atoms with van der Waals surface area (Å²) >= 11 is 0. The van der Waals surface area contributed by atoms with Gasteiger partial charge in [0.1, 0.15) is 13.2 Å². The molecule has 290 valence electrons. The number of unbranched alkanes of at least 4 members (excludes halogenated alkanes) is 24. The van der Waals surface area contributed by atoms with Crippen LogP contribution in [-0.4, -0.2) is 37.2 Å². The Morgan fingerprint density at radius 2 is 0.714 bits per heavy atom. The van der Waals surface area contributed by atoms with Crippen molar-refractivity contribution in [1.82, 2.24) is 0 Å². The molecule has 0 N–H and O–H groups in total. The van der Waals surface area contributed by atoms with Crippen LogP contribution in [0.4, 0.5) is 0 Å². The Hall–Kier alpha value is -1.59. The van der Waals surface area contributed by atoms with E-state index < -0.39 is 6.10 Å². The molecule has 6 heteroatoms. The SMILES string of the molecule is CCCCCCCCCCCCC(=O)O[C@@H](COC(=O)CCCCCCCCC)COC(=O)CCCCCCCCCCCCC(C)CC. The summed E-state index contributed by atoms with van der Waals surface area (Å²) in [4.78, 5) is 37.4. The first-order valence-electron chi connectivity index (χ1n) is 21.4. The van der Waals surface area contributed by atoms with Gasteiger partial charge in [0.05, 0.1) is 0 Å². The summed E-state index contributed by atoms with van der Waals surface area (Å²) in [6.07, 6.45) is 35.2. The molecule has 0 bridgehead atoms. The van der Waals surface area contributed by atoms with E-state index in [1.807, 2.05) is 0 Å². The molecule has 0 saturated carbocycles. The Morgan fingerprint density at radius 3 is 1.06 bits per heavy atom. The van der Waals surface area contributed by atoms with Crippen molar-refractivity contribution in [1.29, 1.82) is 0 Å². The molecule has 0 radical (unpaired) electrons. The van der Waals surface area contributed by atoms with Crippen LogP contribution in [-0.2, 0) is 28.6 Å². The summed E-state index contributed by atoms with van der Waals surface area (Å²) in [5.41, 5.74) is 0. The standard InChI is InChI=1S/C43H82O6/c1-5-8-10-12-14-15-19-24-28-32-36-43(46)49-40(37-47-41(44)34-30-26-21-13-11-9-6-2)38-48-42(45)35-31-27-23-20-17-16-18-22-25-29-33-39(4)7-3/h39-40H,5-38H2,1-4H3/t39?,40-/m0/s1. The summed E-state index contributed by atoms with van der Waals surface area (Å²) in [5.74, 6) is 0.00368. The fraction of sp³-hybridized carbons (Fsp3) is 0.930. The van der Waals surface area contributed by atoms with E-state index in [4.69, 9.17) is 14.2 Å². The van der Waals surface area contributed by atoms with E-state index in [-0.39, 0.29) is 31.1 Å². The molecule has 0 fully saturated rings. The molecule has 6 nitrogen and oxygen atoms in total. The summed E-state index contributed by atoms with van der Waals surface area (Å²) in [6, 6.07) is 0. The van der Waals surface area contributed by atoms with E-state index in [1.165, 1.54) is 128 Å². The number of ether oxygens (including phenoxy) is 3. The Bertz CT molecular complexity index is 738. The Balaban J connectivity index is 4.28. The summed E-state index contributed by atoms with van der Waals surface area (Å²) < 4.78 is 16.6. The van der Waals surface area contributed by atoms with Gasteiger partial charge in [-0.25, -0.2) is 0 Å². The Morgan fingerprint density at radius 1 is 0.408 bits per heavy atom. The highest BCUT2D eigenvalue weighted by Gasteiger charge is 2.19. The Labute approximate surface area is 304 Å². The van der Waals surface area contributed by atoms with Crippen molar-refractivity contribution in [2.45, 2.75) is 239 Å². The van der Waals surface area contributed by atoms with Gasteiger partial charge in [-0.05, 0) is 25.2 Å². The molecule has 0 amide bonds. The van der Waals surface area contributed by atoms with Gasteiger partial charge in [-0.3, -0.25) is 14.4 Å². The fourth-order valence-electron chi connectivity index (χ4n) is 6.24. The maximum atomic E-state index is 12.6. The van der Waals surface area contributed by atoms with Crippen LogP contribution < -0.4 is 0 Å². The Kier molecular flexibility index (Phi) is 36.4. The van der Waals surface area contributed by atoms with Crippen molar-refractivity contribution in [2.24, 2.45) is 5.92 Å². The number of esters is 3. The zero-order valence-electron chi connectivity index (χ0n) is 33.1. The highest BCUT2D eigenvalue weighted by Crippen LogP contribution is 2.16. The van der Waals surface area contributed by atoms with Gasteiger partial charge < -0.3 is 14.2 Å². The molecule has 0 heterocycles. The lowest BCUT2D eigenvalue weighted by Crippen LogP contribution is -2.30. The van der Waals surface area contributed by atoms with Crippen LogP contribution in [0, 0.1) is 5.92 Å². The number of hydrogen-bond donors (Lipinski definition) is 0. The number of carbonyl (C=O) groups excluding carboxylic acids is 3. The van der Waals surface area contributed by atoms with Crippen molar-refractivity contribution >= 4 is 17.9 Å². The molecule has 0 aromatic carbocycles. The van der Waals surface area contributed by atoms with Gasteiger partial charge in [0.15, 0.2) is 6.10 Å². The highest BCUT2D eigenvalue weighted by molar-refractivity contribution is 5.71. The second-order valence-corrected chi connectivity index (χ2v) is 14.9. The van der Waals surface area contributed by atoms with Gasteiger partial charge in [0.2, 0.25) is 0 Å². The van der Waals surface area contributed by atoms with Gasteiger partial charge in [-0.15, -0.1) is 0 Å². The van der Waals surface area contributed by atoms with E-state index >= 15 is 0 Å². The van der Waals surface area contributed by atoms with E-state index in [0.717, 1.165) is 63.7 Å². The summed E-state index contributed by atoms with van der Waals surface area (Å²) in [7, 11) is 0. The van der Waals surface area contributed by atoms with Crippen molar-refractivity contribution in [2.75, 3.05) is 13.2 Å². The van der Waals surface area contributed by atoms with Crippen molar-refractivity contribution < 1.29 is 28.6 Å². The van der Waals surface area contributed by atoms with Crippen LogP contribution in [0.1, 0.15) is 233 Å². The molecule has 0 rings (SSSR count). The molecule has 0 aromatic heterocycles. The first-order valence-corrected chi connectivity index (χ1v) is 21.4. The molecular formula is C43H82O6. The van der Waals surface area contributed by atoms with Gasteiger partial charge in [-0.2, -0.15) is 0 Å². The maximum absolute atomic E-state index is 12.6. The van der Waals surface area contributed by atoms with Crippen LogP contribution in [0.25, 0.3) is 0 Å². The molecule has 2 atom stereocenters. The predicted molar refractivity (Wildman–Crippen MR) is 206 cm³/mol. The van der Waals surface area contributed by atoms with Crippen molar-refractivity contribution in [3.63, 3.8) is 0 Å². The monoisotopic (exact) mass is 695 g/mol. The van der Waals surface area contributed by atoms with E-state index in [1.54, 1.807) is 0 Å². The third-order valence-corrected chi connectivity index (χ3v) is 9.90. The second kappa shape index (κ2) is 37.7. The van der Waals surface area contributed by atoms with Crippen LogP contribution in [0.2, 0.25) is 0 Å². The summed E-state index contributed by atoms with van der Waals surface area (Å²) in [6.45, 7) is 8.95. The molecular weight excluding hydrogens is 612 g/mol. The van der Waals surface area contributed by atoms with E-state index in [9.17, 15) is 14.4 Å². The van der Waals surface area contributed by atoms with Crippen LogP contribution in [0.15, 0.2) is 0 Å². The average molecular weight is 695 g/mol. The first-order chi connectivity index (χ1) is 23.9. The lowest BCUT2D eigenvalue weighted by molar-refractivity contribution is -0.167. The minimum atomic E-state index is -0.757. The van der Waals surface area contributed by atoms with Gasteiger partial charge >= 0.3 is 17.9 Å². The van der Waals surface area contributed by atoms with Crippen LogP contribution in [0.5, 0.6) is 0 Å². The van der Waals surface area contributed by atoms with Crippen LogP contribution in [0.3, 0.4) is 0 Å². The van der Waals surface area contributed by atoms with E-state index in [2.05, 4.69) is 27.7 Å². The molecule has 1 unspecified atom stereocenters. The molecule has 0 aliphatic heterocycles. The number of rotatable bonds is 38. The van der Waals surface area contributed by atoms with Gasteiger partial charge in [0.25, 0.3) is 0 Å². The second-order valence-electron chi connectivity index (χ2n) is 14.9. The third kappa shape index (κ3) is 36.0. The summed E-state index contributed by atoms with van der Waals surface area (Å²) in [5, 5.41) is 0. The maximum Gasteiger partial charge on any atom is 0.306 e. The first kappa shape index (κ1) is 47.4. The highest BCUT2D eigenvalue weighted by atomic mass is 16.6. The van der Waals surface area contributed by atoms with Crippen LogP contribution >= 0.6 is 0 Å². The molecule has 49 heavy (non-hydrogen) atoms. The third-order valence-electron chi connectivity index (χ3n) is 9.90. The number of hydrogen-bond acceptors (Lipinski definition) is 6. The molecule has 0 aliphatic carbocycles. The minimum Gasteiger partial charge on any atom is -0.462 e. The molecule has 0 spiro atoms. The molecule has 0 aliphatic rings. The topological polar surface area (TPSA) is 78.9 Å². The van der Waals surface area contributed by atoms with Crippen molar-refractivity contribution in [3.8, 4) is 0 Å². The van der Waals surface area contributed by atoms with Crippen molar-refractivity contribution in [3.05, 3.63) is 0 Å². The quantitative estimate of drug-likeness (QED) is 0.0364. The van der Waals surface area contributed by atoms with Gasteiger partial charge in [-0.1, -0.05) is 195 Å². The normalized spacial score (nSPS) is 12.5. The minimum absolute atomic E-state index is 0.0648. The smallest absolute Gasteiger partial charge is 0.306 e. The number of carbonyl (C=O) groups is 3.